The Bertz CT molecular complexity index is 465. The number of likely N-dealkylation sites (tertiary alicyclic amines) is 1. The van der Waals surface area contributed by atoms with Crippen LogP contribution in [0.4, 0.5) is 0 Å². The normalized spacial score (nSPS) is 28.4. The van der Waals surface area contributed by atoms with Crippen molar-refractivity contribution < 1.29 is 4.79 Å². The Morgan fingerprint density at radius 3 is 2.62 bits per heavy atom. The van der Waals surface area contributed by atoms with E-state index in [2.05, 4.69) is 35.2 Å². The lowest BCUT2D eigenvalue weighted by atomic mass is 9.99. The van der Waals surface area contributed by atoms with Crippen LogP contribution in [0.5, 0.6) is 0 Å². The minimum atomic E-state index is 0. The van der Waals surface area contributed by atoms with Crippen LogP contribution in [0.15, 0.2) is 30.3 Å². The lowest BCUT2D eigenvalue weighted by Gasteiger charge is -2.20. The Morgan fingerprint density at radius 1 is 1.19 bits per heavy atom. The first-order chi connectivity index (χ1) is 9.72. The maximum atomic E-state index is 12.5. The van der Waals surface area contributed by atoms with Crippen molar-refractivity contribution in [3.8, 4) is 0 Å². The summed E-state index contributed by atoms with van der Waals surface area (Å²) in [6, 6.07) is 10.8. The maximum absolute atomic E-state index is 12.5. The molecule has 0 spiro atoms. The summed E-state index contributed by atoms with van der Waals surface area (Å²) in [6.07, 6.45) is 5.12. The van der Waals surface area contributed by atoms with E-state index < -0.39 is 0 Å². The van der Waals surface area contributed by atoms with Crippen molar-refractivity contribution in [3.63, 3.8) is 0 Å². The van der Waals surface area contributed by atoms with Crippen LogP contribution in [0, 0.1) is 11.8 Å². The molecule has 0 bridgehead atoms. The second-order valence-electron chi connectivity index (χ2n) is 6.40. The van der Waals surface area contributed by atoms with Gasteiger partial charge in [0.1, 0.15) is 0 Å². The summed E-state index contributed by atoms with van der Waals surface area (Å²) in [5.74, 6) is 1.17. The van der Waals surface area contributed by atoms with Gasteiger partial charge in [-0.25, -0.2) is 0 Å². The first kappa shape index (κ1) is 16.3. The molecule has 1 heterocycles. The standard InChI is InChI=1S/C17H24N2O.ClH/c18-16-7-6-15(11-16)17(20)19-9-8-14(12-19)10-13-4-2-1-3-5-13;/h1-5,14-16H,6-12,18H2;1H. The number of nitrogens with two attached hydrogens (primary N) is 1. The lowest BCUT2D eigenvalue weighted by molar-refractivity contribution is -0.134. The number of carbonyl (C=O) groups is 1. The number of hydrogen-bond acceptors (Lipinski definition) is 2. The highest BCUT2D eigenvalue weighted by Crippen LogP contribution is 2.29. The van der Waals surface area contributed by atoms with E-state index in [0.29, 0.717) is 11.8 Å². The van der Waals surface area contributed by atoms with Crippen LogP contribution < -0.4 is 5.73 Å². The molecule has 0 aromatic heterocycles. The Kier molecular flexibility index (Phi) is 5.65. The Labute approximate surface area is 133 Å². The van der Waals surface area contributed by atoms with Gasteiger partial charge in [0, 0.05) is 25.0 Å². The van der Waals surface area contributed by atoms with Gasteiger partial charge in [0.25, 0.3) is 0 Å². The first-order valence-corrected chi connectivity index (χ1v) is 7.80. The van der Waals surface area contributed by atoms with E-state index in [1.807, 2.05) is 0 Å². The molecule has 1 saturated heterocycles. The fourth-order valence-electron chi connectivity index (χ4n) is 3.65. The topological polar surface area (TPSA) is 46.3 Å². The summed E-state index contributed by atoms with van der Waals surface area (Å²) >= 11 is 0. The number of benzene rings is 1. The zero-order valence-electron chi connectivity index (χ0n) is 12.4. The predicted molar refractivity (Wildman–Crippen MR) is 87.4 cm³/mol. The van der Waals surface area contributed by atoms with E-state index in [9.17, 15) is 4.79 Å². The molecule has 2 N–H and O–H groups in total. The molecule has 3 nitrogen and oxygen atoms in total. The minimum absolute atomic E-state index is 0. The first-order valence-electron chi connectivity index (χ1n) is 7.80. The summed E-state index contributed by atoms with van der Waals surface area (Å²) in [4.78, 5) is 14.5. The molecule has 1 aromatic carbocycles. The average molecular weight is 309 g/mol. The van der Waals surface area contributed by atoms with Gasteiger partial charge in [-0.05, 0) is 43.6 Å². The van der Waals surface area contributed by atoms with Crippen LogP contribution in [-0.4, -0.2) is 29.9 Å². The SMILES string of the molecule is Cl.NC1CCC(C(=O)N2CCC(Cc3ccccc3)C2)C1. The third-order valence-corrected chi connectivity index (χ3v) is 4.79. The molecule has 3 atom stereocenters. The molecular weight excluding hydrogens is 284 g/mol. The van der Waals surface area contributed by atoms with E-state index in [4.69, 9.17) is 5.73 Å². The number of rotatable bonds is 3. The summed E-state index contributed by atoms with van der Waals surface area (Å²) < 4.78 is 0. The molecule has 3 unspecified atom stereocenters. The summed E-state index contributed by atoms with van der Waals surface area (Å²) in [6.45, 7) is 1.86. The monoisotopic (exact) mass is 308 g/mol. The summed E-state index contributed by atoms with van der Waals surface area (Å²) in [5.41, 5.74) is 7.30. The zero-order chi connectivity index (χ0) is 13.9. The van der Waals surface area contributed by atoms with Crippen LogP contribution >= 0.6 is 12.4 Å². The number of nitrogens with zero attached hydrogens (tertiary/aromatic N) is 1. The van der Waals surface area contributed by atoms with Gasteiger partial charge in [0.2, 0.25) is 5.91 Å². The average Bonchev–Trinajstić information content (AvgIpc) is 3.08. The second kappa shape index (κ2) is 7.28. The molecule has 1 saturated carbocycles. The molecule has 0 radical (unpaired) electrons. The van der Waals surface area contributed by atoms with Gasteiger partial charge in [0.05, 0.1) is 0 Å². The van der Waals surface area contributed by atoms with E-state index in [-0.39, 0.29) is 24.4 Å². The number of amides is 1. The Balaban J connectivity index is 0.00000161. The highest BCUT2D eigenvalue weighted by atomic mass is 35.5. The summed E-state index contributed by atoms with van der Waals surface area (Å²) in [5, 5.41) is 0. The number of carbonyl (C=O) groups excluding carboxylic acids is 1. The van der Waals surface area contributed by atoms with Gasteiger partial charge in [-0.1, -0.05) is 30.3 Å². The molecule has 116 valence electrons. The van der Waals surface area contributed by atoms with Gasteiger partial charge < -0.3 is 10.6 Å². The minimum Gasteiger partial charge on any atom is -0.342 e. The van der Waals surface area contributed by atoms with Crippen molar-refractivity contribution in [2.45, 2.75) is 38.1 Å². The molecule has 4 heteroatoms. The van der Waals surface area contributed by atoms with Crippen LogP contribution in [0.1, 0.15) is 31.2 Å². The largest absolute Gasteiger partial charge is 0.342 e. The van der Waals surface area contributed by atoms with Gasteiger partial charge in [0.15, 0.2) is 0 Å². The molecule has 2 aliphatic rings. The number of hydrogen-bond donors (Lipinski definition) is 1. The van der Waals surface area contributed by atoms with Crippen LogP contribution in [0.2, 0.25) is 0 Å². The van der Waals surface area contributed by atoms with E-state index in [1.165, 1.54) is 5.56 Å². The van der Waals surface area contributed by atoms with Crippen molar-refractivity contribution in [1.29, 1.82) is 0 Å². The summed E-state index contributed by atoms with van der Waals surface area (Å²) in [7, 11) is 0. The van der Waals surface area contributed by atoms with Gasteiger partial charge in [-0.15, -0.1) is 12.4 Å². The van der Waals surface area contributed by atoms with Gasteiger partial charge in [-0.2, -0.15) is 0 Å². The van der Waals surface area contributed by atoms with Crippen molar-refractivity contribution in [1.82, 2.24) is 4.90 Å². The van der Waals surface area contributed by atoms with E-state index in [1.54, 1.807) is 0 Å². The lowest BCUT2D eigenvalue weighted by Crippen LogP contribution is -2.34. The molecule has 1 aliphatic heterocycles. The van der Waals surface area contributed by atoms with Crippen molar-refractivity contribution in [2.24, 2.45) is 17.6 Å². The molecule has 3 rings (SSSR count). The maximum Gasteiger partial charge on any atom is 0.225 e. The van der Waals surface area contributed by atoms with Gasteiger partial charge >= 0.3 is 0 Å². The van der Waals surface area contributed by atoms with E-state index in [0.717, 1.165) is 45.2 Å². The number of halogens is 1. The smallest absolute Gasteiger partial charge is 0.225 e. The van der Waals surface area contributed by atoms with Crippen molar-refractivity contribution in [3.05, 3.63) is 35.9 Å². The highest BCUT2D eigenvalue weighted by molar-refractivity contribution is 5.85. The second-order valence-corrected chi connectivity index (χ2v) is 6.40. The Hall–Kier alpha value is -1.06. The van der Waals surface area contributed by atoms with E-state index >= 15 is 0 Å². The van der Waals surface area contributed by atoms with Crippen LogP contribution in [0.25, 0.3) is 0 Å². The Morgan fingerprint density at radius 2 is 1.95 bits per heavy atom. The van der Waals surface area contributed by atoms with Gasteiger partial charge in [-0.3, -0.25) is 4.79 Å². The molecule has 1 amide bonds. The van der Waals surface area contributed by atoms with Crippen molar-refractivity contribution in [2.75, 3.05) is 13.1 Å². The fraction of sp³-hybridized carbons (Fsp3) is 0.588. The molecule has 21 heavy (non-hydrogen) atoms. The van der Waals surface area contributed by atoms with Crippen LogP contribution in [0.3, 0.4) is 0 Å². The quantitative estimate of drug-likeness (QED) is 0.933. The van der Waals surface area contributed by atoms with Crippen molar-refractivity contribution >= 4 is 18.3 Å². The zero-order valence-corrected chi connectivity index (χ0v) is 13.2. The third kappa shape index (κ3) is 3.98. The highest BCUT2D eigenvalue weighted by Gasteiger charge is 2.34. The third-order valence-electron chi connectivity index (χ3n) is 4.79. The van der Waals surface area contributed by atoms with Crippen LogP contribution in [-0.2, 0) is 11.2 Å². The molecule has 1 aliphatic carbocycles. The molecule has 2 fully saturated rings. The fourth-order valence-corrected chi connectivity index (χ4v) is 3.65. The predicted octanol–water partition coefficient (Wildman–Crippen LogP) is 2.63. The molecule has 1 aromatic rings. The molecular formula is C17H25ClN2O.